The average Bonchev–Trinajstić information content (AvgIpc) is 2.76. The highest BCUT2D eigenvalue weighted by atomic mass is 19.2. The monoisotopic (exact) mass is 450 g/mol. The van der Waals surface area contributed by atoms with Gasteiger partial charge in [-0.25, -0.2) is 22.0 Å². The minimum atomic E-state index is -1.65. The van der Waals surface area contributed by atoms with Crippen molar-refractivity contribution in [2.45, 2.75) is 77.0 Å². The van der Waals surface area contributed by atoms with Gasteiger partial charge in [-0.15, -0.1) is 0 Å². The van der Waals surface area contributed by atoms with E-state index < -0.39 is 34.6 Å². The minimum Gasteiger partial charge on any atom is -0.206 e. The predicted molar refractivity (Wildman–Crippen MR) is 117 cm³/mol. The highest BCUT2D eigenvalue weighted by Crippen LogP contribution is 2.49. The molecule has 2 saturated carbocycles. The second-order valence-electron chi connectivity index (χ2n) is 9.82. The van der Waals surface area contributed by atoms with Gasteiger partial charge in [0.1, 0.15) is 11.6 Å². The Morgan fingerprint density at radius 1 is 0.719 bits per heavy atom. The number of unbranched alkanes of at least 4 members (excludes halogenated alkanes) is 2. The van der Waals surface area contributed by atoms with Crippen molar-refractivity contribution in [1.82, 2.24) is 0 Å². The zero-order valence-electron chi connectivity index (χ0n) is 18.6. The third-order valence-electron chi connectivity index (χ3n) is 7.75. The molecule has 2 aliphatic rings. The average molecular weight is 451 g/mol. The summed E-state index contributed by atoms with van der Waals surface area (Å²) in [5.74, 6) is -4.09. The van der Waals surface area contributed by atoms with Crippen LogP contribution in [0.5, 0.6) is 0 Å². The second-order valence-corrected chi connectivity index (χ2v) is 9.82. The Hall–Kier alpha value is -1.91. The van der Waals surface area contributed by atoms with Crippen molar-refractivity contribution in [2.75, 3.05) is 0 Å². The molecule has 0 radical (unpaired) electrons. The van der Waals surface area contributed by atoms with E-state index in [4.69, 9.17) is 0 Å². The number of rotatable bonds is 6. The summed E-state index contributed by atoms with van der Waals surface area (Å²) in [5.41, 5.74) is -0.254. The Balaban J connectivity index is 1.47. The highest BCUT2D eigenvalue weighted by Gasteiger charge is 2.36. The predicted octanol–water partition coefficient (Wildman–Crippen LogP) is 8.93. The molecular formula is C27H31F5. The summed E-state index contributed by atoms with van der Waals surface area (Å²) in [6, 6.07) is 3.84. The van der Waals surface area contributed by atoms with Gasteiger partial charge in [0, 0.05) is 0 Å². The Bertz CT molecular complexity index is 907. The molecule has 0 bridgehead atoms. The molecule has 5 heteroatoms. The van der Waals surface area contributed by atoms with Crippen LogP contribution in [-0.4, -0.2) is 0 Å². The fourth-order valence-electron chi connectivity index (χ4n) is 6.04. The molecule has 2 aliphatic carbocycles. The van der Waals surface area contributed by atoms with E-state index in [1.807, 2.05) is 0 Å². The molecule has 2 aromatic carbocycles. The molecule has 174 valence electrons. The molecule has 4 rings (SSSR count). The van der Waals surface area contributed by atoms with Gasteiger partial charge < -0.3 is 0 Å². The van der Waals surface area contributed by atoms with Crippen LogP contribution >= 0.6 is 0 Å². The van der Waals surface area contributed by atoms with E-state index in [1.54, 1.807) is 0 Å². The summed E-state index contributed by atoms with van der Waals surface area (Å²) in [6.45, 7) is 2.23. The number of fused-ring (bicyclic) bond motifs is 1. The van der Waals surface area contributed by atoms with Crippen LogP contribution in [0.2, 0.25) is 0 Å². The summed E-state index contributed by atoms with van der Waals surface area (Å²) >= 11 is 0. The number of hydrogen-bond acceptors (Lipinski definition) is 0. The van der Waals surface area contributed by atoms with Crippen molar-refractivity contribution < 1.29 is 22.0 Å². The fourth-order valence-corrected chi connectivity index (χ4v) is 6.04. The normalized spacial score (nSPS) is 25.6. The summed E-state index contributed by atoms with van der Waals surface area (Å²) in [5, 5.41) is 0. The van der Waals surface area contributed by atoms with Crippen LogP contribution in [0.1, 0.15) is 82.6 Å². The quantitative estimate of drug-likeness (QED) is 0.234. The topological polar surface area (TPSA) is 0 Å². The van der Waals surface area contributed by atoms with E-state index in [1.165, 1.54) is 57.1 Å². The Kier molecular flexibility index (Phi) is 7.21. The Morgan fingerprint density at radius 3 is 2.00 bits per heavy atom. The number of halogens is 5. The zero-order valence-corrected chi connectivity index (χ0v) is 18.6. The Morgan fingerprint density at radius 2 is 1.34 bits per heavy atom. The smallest absolute Gasteiger partial charge is 0.194 e. The molecule has 4 atom stereocenters. The standard InChI is InChI=1S/C27H31F5/c1-2-3-4-5-16-6-7-18-11-19(9-8-17(18)10-16)20-12-22(28)26(23(29)13-20)21-14-24(30)27(32)25(31)15-21/h12-19H,2-11H2,1H3. The molecule has 0 amide bonds. The summed E-state index contributed by atoms with van der Waals surface area (Å²) in [4.78, 5) is 0. The van der Waals surface area contributed by atoms with Crippen molar-refractivity contribution in [3.63, 3.8) is 0 Å². The van der Waals surface area contributed by atoms with Crippen molar-refractivity contribution in [2.24, 2.45) is 17.8 Å². The fraction of sp³-hybridized carbons (Fsp3) is 0.556. The SMILES string of the molecule is CCCCCC1CCC2CC(c3cc(F)c(-c4cc(F)c(F)c(F)c4)c(F)c3)CCC2C1. The number of hydrogen-bond donors (Lipinski definition) is 0. The van der Waals surface area contributed by atoms with Crippen LogP contribution in [0, 0.1) is 46.8 Å². The molecule has 0 saturated heterocycles. The largest absolute Gasteiger partial charge is 0.206 e. The van der Waals surface area contributed by atoms with E-state index in [0.717, 1.165) is 25.2 Å². The first-order valence-electron chi connectivity index (χ1n) is 12.0. The first-order chi connectivity index (χ1) is 15.4. The van der Waals surface area contributed by atoms with Crippen molar-refractivity contribution in [3.8, 4) is 11.1 Å². The first-order valence-corrected chi connectivity index (χ1v) is 12.0. The van der Waals surface area contributed by atoms with Gasteiger partial charge in [0.05, 0.1) is 5.56 Å². The van der Waals surface area contributed by atoms with Crippen LogP contribution in [-0.2, 0) is 0 Å². The van der Waals surface area contributed by atoms with E-state index in [9.17, 15) is 22.0 Å². The van der Waals surface area contributed by atoms with Gasteiger partial charge in [-0.1, -0.05) is 39.0 Å². The second kappa shape index (κ2) is 9.93. The van der Waals surface area contributed by atoms with Gasteiger partial charge in [-0.3, -0.25) is 0 Å². The maximum Gasteiger partial charge on any atom is 0.194 e. The van der Waals surface area contributed by atoms with Crippen molar-refractivity contribution >= 4 is 0 Å². The molecule has 2 fully saturated rings. The molecule has 0 aromatic heterocycles. The van der Waals surface area contributed by atoms with E-state index in [2.05, 4.69) is 6.92 Å². The summed E-state index contributed by atoms with van der Waals surface area (Å²) in [7, 11) is 0. The molecule has 0 aliphatic heterocycles. The summed E-state index contributed by atoms with van der Waals surface area (Å²) < 4.78 is 70.1. The lowest BCUT2D eigenvalue weighted by Crippen LogP contribution is -2.30. The molecule has 0 nitrogen and oxygen atoms in total. The van der Waals surface area contributed by atoms with Crippen LogP contribution in [0.25, 0.3) is 11.1 Å². The highest BCUT2D eigenvalue weighted by molar-refractivity contribution is 5.65. The maximum atomic E-state index is 14.9. The van der Waals surface area contributed by atoms with Crippen molar-refractivity contribution in [3.05, 3.63) is 58.9 Å². The molecule has 2 aromatic rings. The first kappa shape index (κ1) is 23.3. The minimum absolute atomic E-state index is 0.0904. The van der Waals surface area contributed by atoms with E-state index in [0.29, 0.717) is 29.5 Å². The molecular weight excluding hydrogens is 419 g/mol. The number of benzene rings is 2. The summed E-state index contributed by atoms with van der Waals surface area (Å²) in [6.07, 6.45) is 11.8. The van der Waals surface area contributed by atoms with E-state index in [-0.39, 0.29) is 11.5 Å². The molecule has 32 heavy (non-hydrogen) atoms. The van der Waals surface area contributed by atoms with Crippen molar-refractivity contribution in [1.29, 1.82) is 0 Å². The molecule has 0 heterocycles. The van der Waals surface area contributed by atoms with Gasteiger partial charge >= 0.3 is 0 Å². The van der Waals surface area contributed by atoms with Gasteiger partial charge in [-0.2, -0.15) is 0 Å². The lowest BCUT2D eigenvalue weighted by molar-refractivity contribution is 0.113. The zero-order chi connectivity index (χ0) is 22.8. The van der Waals surface area contributed by atoms with Crippen LogP contribution < -0.4 is 0 Å². The Labute approximate surface area is 187 Å². The van der Waals surface area contributed by atoms with Crippen LogP contribution in [0.3, 0.4) is 0 Å². The maximum absolute atomic E-state index is 14.9. The molecule has 0 spiro atoms. The lowest BCUT2D eigenvalue weighted by atomic mass is 9.63. The van der Waals surface area contributed by atoms with Crippen LogP contribution in [0.4, 0.5) is 22.0 Å². The van der Waals surface area contributed by atoms with Gasteiger partial charge in [0.25, 0.3) is 0 Å². The van der Waals surface area contributed by atoms with E-state index >= 15 is 0 Å². The van der Waals surface area contributed by atoms with Gasteiger partial charge in [-0.05, 0) is 91.2 Å². The molecule has 0 N–H and O–H groups in total. The molecule has 4 unspecified atom stereocenters. The third-order valence-corrected chi connectivity index (χ3v) is 7.75. The van der Waals surface area contributed by atoms with Gasteiger partial charge in [0.2, 0.25) is 0 Å². The van der Waals surface area contributed by atoms with Gasteiger partial charge in [0.15, 0.2) is 17.5 Å². The third kappa shape index (κ3) is 4.87. The van der Waals surface area contributed by atoms with Crippen LogP contribution in [0.15, 0.2) is 24.3 Å². The lowest BCUT2D eigenvalue weighted by Gasteiger charge is -2.42.